The predicted octanol–water partition coefficient (Wildman–Crippen LogP) is 1.64. The lowest BCUT2D eigenvalue weighted by molar-refractivity contribution is -0.0254. The molecule has 2 atom stereocenters. The topological polar surface area (TPSA) is 116 Å². The molecular weight excluding hydrogens is 188 g/mol. The Hall–Kier alpha value is -1.46. The van der Waals surface area contributed by atoms with Crippen LogP contribution in [0.25, 0.3) is 20.9 Å². The van der Waals surface area contributed by atoms with Crippen LogP contribution in [0.5, 0.6) is 0 Å². The van der Waals surface area contributed by atoms with Crippen LogP contribution in [0.3, 0.4) is 0 Å². The van der Waals surface area contributed by atoms with E-state index in [9.17, 15) is 0 Å². The van der Waals surface area contributed by atoms with Crippen LogP contribution in [-0.2, 0) is 9.47 Å². The minimum absolute atomic E-state index is 0.145. The van der Waals surface area contributed by atoms with E-state index in [0.29, 0.717) is 0 Å². The molecule has 0 aliphatic rings. The van der Waals surface area contributed by atoms with E-state index in [1.165, 1.54) is 14.2 Å². The normalized spacial score (nSPS) is 13.6. The van der Waals surface area contributed by atoms with Gasteiger partial charge < -0.3 is 9.47 Å². The summed E-state index contributed by atoms with van der Waals surface area (Å²) in [7, 11) is 2.94. The van der Waals surface area contributed by atoms with E-state index >= 15 is 0 Å². The Balaban J connectivity index is 4.26. The third-order valence-corrected chi connectivity index (χ3v) is 1.67. The van der Waals surface area contributed by atoms with Gasteiger partial charge in [-0.3, -0.25) is 0 Å². The van der Waals surface area contributed by atoms with Crippen LogP contribution >= 0.6 is 0 Å². The zero-order chi connectivity index (χ0) is 10.8. The fourth-order valence-electron chi connectivity index (χ4n) is 0.922. The van der Waals surface area contributed by atoms with E-state index < -0.39 is 12.2 Å². The average molecular weight is 200 g/mol. The summed E-state index contributed by atoms with van der Waals surface area (Å²) in [6, 6.07) is 0. The number of hydrogen-bond acceptors (Lipinski definition) is 4. The summed E-state index contributed by atoms with van der Waals surface area (Å²) in [4.78, 5) is 5.21. The Morgan fingerprint density at radius 1 is 1.00 bits per heavy atom. The summed E-state index contributed by atoms with van der Waals surface area (Å²) in [5.41, 5.74) is 16.2. The van der Waals surface area contributed by atoms with Crippen molar-refractivity contribution in [3.05, 3.63) is 20.9 Å². The van der Waals surface area contributed by atoms with Crippen molar-refractivity contribution in [3.63, 3.8) is 0 Å². The molecule has 0 fully saturated rings. The lowest BCUT2D eigenvalue weighted by atomic mass is 10.2. The van der Waals surface area contributed by atoms with Crippen molar-refractivity contribution in [1.82, 2.24) is 0 Å². The van der Waals surface area contributed by atoms with Gasteiger partial charge in [0.2, 0.25) is 0 Å². The molecule has 0 radical (unpaired) electrons. The fourth-order valence-corrected chi connectivity index (χ4v) is 0.922. The van der Waals surface area contributed by atoms with E-state index in [2.05, 4.69) is 20.1 Å². The van der Waals surface area contributed by atoms with Gasteiger partial charge >= 0.3 is 0 Å². The van der Waals surface area contributed by atoms with E-state index in [-0.39, 0.29) is 13.1 Å². The smallest absolute Gasteiger partial charge is 0.0890 e. The maximum absolute atomic E-state index is 8.12. The molecule has 0 saturated carbocycles. The van der Waals surface area contributed by atoms with Gasteiger partial charge in [-0.05, 0) is 11.1 Å². The quantitative estimate of drug-likeness (QED) is 0.353. The number of ether oxygens (including phenoxy) is 2. The van der Waals surface area contributed by atoms with Gasteiger partial charge in [0.05, 0.1) is 25.3 Å². The molecule has 8 heteroatoms. The van der Waals surface area contributed by atoms with E-state index in [0.717, 1.165) is 0 Å². The SMILES string of the molecule is CO[C@@H](CN=[N+]=[N-])[C@@H](CN=[N+]=[N-])OC. The first-order valence-corrected chi connectivity index (χ1v) is 3.87. The third kappa shape index (κ3) is 4.54. The molecule has 78 valence electrons. The second-order valence-corrected chi connectivity index (χ2v) is 2.38. The monoisotopic (exact) mass is 200 g/mol. The highest BCUT2D eigenvalue weighted by atomic mass is 16.5. The van der Waals surface area contributed by atoms with Crippen LogP contribution in [0.4, 0.5) is 0 Å². The molecule has 0 aromatic heterocycles. The second-order valence-electron chi connectivity index (χ2n) is 2.38. The molecule has 0 aromatic carbocycles. The van der Waals surface area contributed by atoms with Crippen molar-refractivity contribution >= 4 is 0 Å². The molecular formula is C6H12N6O2. The molecule has 0 N–H and O–H groups in total. The zero-order valence-corrected chi connectivity index (χ0v) is 8.07. The van der Waals surface area contributed by atoms with Gasteiger partial charge in [0, 0.05) is 24.0 Å². The Labute approximate surface area is 81.1 Å². The Kier molecular flexibility index (Phi) is 7.30. The molecule has 0 spiro atoms. The van der Waals surface area contributed by atoms with Crippen LogP contribution in [0, 0.1) is 0 Å². The number of rotatable bonds is 7. The zero-order valence-electron chi connectivity index (χ0n) is 8.07. The van der Waals surface area contributed by atoms with Gasteiger partial charge in [-0.15, -0.1) is 0 Å². The first-order valence-electron chi connectivity index (χ1n) is 3.87. The molecule has 0 rings (SSSR count). The number of methoxy groups -OCH3 is 2. The van der Waals surface area contributed by atoms with Crippen LogP contribution in [0.15, 0.2) is 10.2 Å². The van der Waals surface area contributed by atoms with Crippen LogP contribution in [0.2, 0.25) is 0 Å². The molecule has 0 amide bonds. The van der Waals surface area contributed by atoms with E-state index in [4.69, 9.17) is 20.5 Å². The van der Waals surface area contributed by atoms with Gasteiger partial charge in [-0.25, -0.2) is 0 Å². The number of hydrogen-bond donors (Lipinski definition) is 0. The summed E-state index contributed by atoms with van der Waals surface area (Å²) < 4.78 is 10.1. The molecule has 0 aliphatic heterocycles. The maximum atomic E-state index is 8.12. The van der Waals surface area contributed by atoms with Crippen molar-refractivity contribution in [2.24, 2.45) is 10.2 Å². The Morgan fingerprint density at radius 3 is 1.57 bits per heavy atom. The minimum atomic E-state index is -0.401. The molecule has 14 heavy (non-hydrogen) atoms. The van der Waals surface area contributed by atoms with E-state index in [1.807, 2.05) is 0 Å². The van der Waals surface area contributed by atoms with Crippen molar-refractivity contribution in [3.8, 4) is 0 Å². The third-order valence-electron chi connectivity index (χ3n) is 1.67. The highest BCUT2D eigenvalue weighted by Gasteiger charge is 2.19. The molecule has 8 nitrogen and oxygen atoms in total. The summed E-state index contributed by atoms with van der Waals surface area (Å²) in [5, 5.41) is 6.72. The molecule has 0 unspecified atom stereocenters. The standard InChI is InChI=1S/C6H12N6O2/c1-13-5(3-9-11-7)6(14-2)4-10-12-8/h5-6H,3-4H2,1-2H3/t5-,6+. The molecule has 0 aliphatic carbocycles. The van der Waals surface area contributed by atoms with Gasteiger partial charge in [-0.2, -0.15) is 0 Å². The highest BCUT2D eigenvalue weighted by molar-refractivity contribution is 4.75. The van der Waals surface area contributed by atoms with E-state index in [1.54, 1.807) is 0 Å². The average Bonchev–Trinajstić information content (AvgIpc) is 2.23. The van der Waals surface area contributed by atoms with Gasteiger partial charge in [0.15, 0.2) is 0 Å². The van der Waals surface area contributed by atoms with Gasteiger partial charge in [0.25, 0.3) is 0 Å². The highest BCUT2D eigenvalue weighted by Crippen LogP contribution is 2.04. The van der Waals surface area contributed by atoms with Crippen molar-refractivity contribution in [2.75, 3.05) is 27.3 Å². The van der Waals surface area contributed by atoms with Crippen molar-refractivity contribution in [1.29, 1.82) is 0 Å². The van der Waals surface area contributed by atoms with Crippen molar-refractivity contribution < 1.29 is 9.47 Å². The molecule has 0 heterocycles. The summed E-state index contributed by atoms with van der Waals surface area (Å²) in [6.45, 7) is 0.291. The Bertz CT molecular complexity index is 219. The lowest BCUT2D eigenvalue weighted by Gasteiger charge is -2.21. The molecule has 0 bridgehead atoms. The fraction of sp³-hybridized carbons (Fsp3) is 1.00. The maximum Gasteiger partial charge on any atom is 0.0890 e. The van der Waals surface area contributed by atoms with Crippen LogP contribution in [0.1, 0.15) is 0 Å². The summed E-state index contributed by atoms with van der Waals surface area (Å²) in [5.74, 6) is 0. The molecule has 0 saturated heterocycles. The van der Waals surface area contributed by atoms with Gasteiger partial charge in [-0.1, -0.05) is 10.2 Å². The first kappa shape index (κ1) is 12.5. The lowest BCUT2D eigenvalue weighted by Crippen LogP contribution is -2.34. The first-order chi connectivity index (χ1) is 6.79. The predicted molar refractivity (Wildman–Crippen MR) is 49.6 cm³/mol. The second kappa shape index (κ2) is 8.15. The van der Waals surface area contributed by atoms with Crippen LogP contribution in [-0.4, -0.2) is 39.5 Å². The van der Waals surface area contributed by atoms with Crippen LogP contribution < -0.4 is 0 Å². The number of nitrogens with zero attached hydrogens (tertiary/aromatic N) is 6. The summed E-state index contributed by atoms with van der Waals surface area (Å²) in [6.07, 6.45) is -0.803. The largest absolute Gasteiger partial charge is 0.379 e. The van der Waals surface area contributed by atoms with Gasteiger partial charge in [0.1, 0.15) is 0 Å². The molecule has 0 aromatic rings. The van der Waals surface area contributed by atoms with Crippen molar-refractivity contribution in [2.45, 2.75) is 12.2 Å². The minimum Gasteiger partial charge on any atom is -0.379 e. The summed E-state index contributed by atoms with van der Waals surface area (Å²) >= 11 is 0. The number of azide groups is 2. The Morgan fingerprint density at radius 2 is 1.36 bits per heavy atom.